The van der Waals surface area contributed by atoms with Crippen LogP contribution >= 0.6 is 0 Å². The third-order valence-corrected chi connectivity index (χ3v) is 5.87. The van der Waals surface area contributed by atoms with Gasteiger partial charge in [0, 0.05) is 30.8 Å². The number of hydrogen-bond acceptors (Lipinski definition) is 5. The molecule has 0 aliphatic carbocycles. The van der Waals surface area contributed by atoms with Gasteiger partial charge in [0.2, 0.25) is 5.91 Å². The summed E-state index contributed by atoms with van der Waals surface area (Å²) in [6.07, 6.45) is 1.49. The van der Waals surface area contributed by atoms with Gasteiger partial charge in [-0.1, -0.05) is 0 Å². The van der Waals surface area contributed by atoms with Crippen LogP contribution in [0.4, 0.5) is 20.3 Å². The predicted molar refractivity (Wildman–Crippen MR) is 105 cm³/mol. The Kier molecular flexibility index (Phi) is 5.48. The van der Waals surface area contributed by atoms with Gasteiger partial charge in [-0.05, 0) is 45.0 Å². The molecule has 1 fully saturated rings. The van der Waals surface area contributed by atoms with Gasteiger partial charge in [-0.2, -0.15) is 0 Å². The van der Waals surface area contributed by atoms with Gasteiger partial charge in [0.1, 0.15) is 10.7 Å². The Bertz CT molecular complexity index is 1020. The SMILES string of the molecule is CC(C)(C)N1CC(Nc2ccc(S(=O)(=O)Nc3ccc(F)c(F)c3)cn2)CC1=O. The summed E-state index contributed by atoms with van der Waals surface area (Å²) in [4.78, 5) is 17.9. The summed E-state index contributed by atoms with van der Waals surface area (Å²) in [6.45, 7) is 6.42. The monoisotopic (exact) mass is 424 g/mol. The van der Waals surface area contributed by atoms with Crippen molar-refractivity contribution < 1.29 is 22.0 Å². The number of carbonyl (C=O) groups excluding carboxylic acids is 1. The normalized spacial score (nSPS) is 17.5. The van der Waals surface area contributed by atoms with Crippen molar-refractivity contribution in [3.63, 3.8) is 0 Å². The van der Waals surface area contributed by atoms with Gasteiger partial charge in [0.15, 0.2) is 11.6 Å². The van der Waals surface area contributed by atoms with E-state index in [-0.39, 0.29) is 28.1 Å². The number of rotatable bonds is 5. The Morgan fingerprint density at radius 2 is 1.86 bits per heavy atom. The van der Waals surface area contributed by atoms with Crippen LogP contribution in [0.5, 0.6) is 0 Å². The lowest BCUT2D eigenvalue weighted by atomic mass is 10.1. The Morgan fingerprint density at radius 1 is 1.14 bits per heavy atom. The number of nitrogens with one attached hydrogen (secondary N) is 2. The lowest BCUT2D eigenvalue weighted by Gasteiger charge is -2.32. The highest BCUT2D eigenvalue weighted by Gasteiger charge is 2.36. The molecule has 3 rings (SSSR count). The molecule has 1 atom stereocenters. The number of amides is 1. The third kappa shape index (κ3) is 4.81. The van der Waals surface area contributed by atoms with E-state index in [9.17, 15) is 22.0 Å². The lowest BCUT2D eigenvalue weighted by Crippen LogP contribution is -2.43. The van der Waals surface area contributed by atoms with Gasteiger partial charge < -0.3 is 10.2 Å². The molecule has 1 saturated heterocycles. The second-order valence-electron chi connectivity index (χ2n) is 7.83. The lowest BCUT2D eigenvalue weighted by molar-refractivity contribution is -0.131. The summed E-state index contributed by atoms with van der Waals surface area (Å²) >= 11 is 0. The number of sulfonamides is 1. The fourth-order valence-corrected chi connectivity index (χ4v) is 4.05. The van der Waals surface area contributed by atoms with Crippen molar-refractivity contribution in [2.75, 3.05) is 16.6 Å². The maximum Gasteiger partial charge on any atom is 0.263 e. The molecule has 1 aliphatic heterocycles. The zero-order valence-electron chi connectivity index (χ0n) is 16.2. The van der Waals surface area contributed by atoms with E-state index in [1.807, 2.05) is 20.8 Å². The molecule has 0 radical (unpaired) electrons. The van der Waals surface area contributed by atoms with Crippen LogP contribution in [0.2, 0.25) is 0 Å². The highest BCUT2D eigenvalue weighted by molar-refractivity contribution is 7.92. The van der Waals surface area contributed by atoms with Crippen molar-refractivity contribution in [1.29, 1.82) is 0 Å². The van der Waals surface area contributed by atoms with Gasteiger partial charge >= 0.3 is 0 Å². The van der Waals surface area contributed by atoms with E-state index in [1.165, 1.54) is 12.1 Å². The molecule has 2 heterocycles. The van der Waals surface area contributed by atoms with E-state index in [1.54, 1.807) is 4.90 Å². The maximum absolute atomic E-state index is 13.3. The van der Waals surface area contributed by atoms with E-state index in [0.29, 0.717) is 18.8 Å². The van der Waals surface area contributed by atoms with Crippen LogP contribution in [0.15, 0.2) is 41.4 Å². The number of benzene rings is 1. The maximum atomic E-state index is 13.3. The summed E-state index contributed by atoms with van der Waals surface area (Å²) in [7, 11) is -4.02. The van der Waals surface area contributed by atoms with Gasteiger partial charge in [0.05, 0.1) is 11.7 Å². The van der Waals surface area contributed by atoms with Crippen LogP contribution in [-0.4, -0.2) is 42.3 Å². The molecule has 1 aromatic carbocycles. The number of likely N-dealkylation sites (tertiary alicyclic amines) is 1. The van der Waals surface area contributed by atoms with Crippen LogP contribution in [0.25, 0.3) is 0 Å². The Hall–Kier alpha value is -2.75. The van der Waals surface area contributed by atoms with Crippen molar-refractivity contribution in [2.24, 2.45) is 0 Å². The Labute approximate surface area is 168 Å². The van der Waals surface area contributed by atoms with Crippen molar-refractivity contribution in [2.45, 2.75) is 43.7 Å². The molecule has 0 spiro atoms. The average Bonchev–Trinajstić information content (AvgIpc) is 2.99. The molecule has 10 heteroatoms. The molecule has 29 heavy (non-hydrogen) atoms. The van der Waals surface area contributed by atoms with Crippen LogP contribution in [0.3, 0.4) is 0 Å². The highest BCUT2D eigenvalue weighted by atomic mass is 32.2. The minimum absolute atomic E-state index is 0.0462. The number of nitrogens with zero attached hydrogens (tertiary/aromatic N) is 2. The van der Waals surface area contributed by atoms with E-state index >= 15 is 0 Å². The van der Waals surface area contributed by atoms with Crippen molar-refractivity contribution >= 4 is 27.4 Å². The third-order valence-electron chi connectivity index (χ3n) is 4.51. The molecule has 7 nitrogen and oxygen atoms in total. The van der Waals surface area contributed by atoms with Crippen LogP contribution < -0.4 is 10.0 Å². The van der Waals surface area contributed by atoms with Crippen LogP contribution in [-0.2, 0) is 14.8 Å². The van der Waals surface area contributed by atoms with Crippen LogP contribution in [0.1, 0.15) is 27.2 Å². The molecule has 0 bridgehead atoms. The van der Waals surface area contributed by atoms with E-state index in [0.717, 1.165) is 24.4 Å². The summed E-state index contributed by atoms with van der Waals surface area (Å²) < 4.78 is 53.3. The number of pyridine rings is 1. The molecular formula is C19H22F2N4O3S. The summed E-state index contributed by atoms with van der Waals surface area (Å²) in [6, 6.07) is 5.42. The quantitative estimate of drug-likeness (QED) is 0.770. The van der Waals surface area contributed by atoms with Gasteiger partial charge in [-0.25, -0.2) is 22.2 Å². The summed E-state index contributed by atoms with van der Waals surface area (Å²) in [5.74, 6) is -1.74. The molecule has 0 saturated carbocycles. The molecule has 1 amide bonds. The first-order chi connectivity index (χ1) is 13.5. The molecule has 1 aromatic heterocycles. The van der Waals surface area contributed by atoms with E-state index < -0.39 is 21.7 Å². The second-order valence-corrected chi connectivity index (χ2v) is 9.52. The Balaban J connectivity index is 1.68. The molecule has 2 N–H and O–H groups in total. The smallest absolute Gasteiger partial charge is 0.263 e. The molecule has 156 valence electrons. The van der Waals surface area contributed by atoms with Gasteiger partial charge in [-0.15, -0.1) is 0 Å². The summed E-state index contributed by atoms with van der Waals surface area (Å²) in [5, 5.41) is 3.14. The van der Waals surface area contributed by atoms with E-state index in [4.69, 9.17) is 0 Å². The number of anilines is 2. The van der Waals surface area contributed by atoms with Crippen molar-refractivity contribution in [3.05, 3.63) is 48.2 Å². The number of carbonyl (C=O) groups is 1. The topological polar surface area (TPSA) is 91.4 Å². The first-order valence-corrected chi connectivity index (χ1v) is 10.4. The average molecular weight is 424 g/mol. The predicted octanol–water partition coefficient (Wildman–Crippen LogP) is 2.97. The molecule has 1 unspecified atom stereocenters. The fourth-order valence-electron chi connectivity index (χ4n) is 3.06. The zero-order chi connectivity index (χ0) is 21.4. The number of halogens is 2. The highest BCUT2D eigenvalue weighted by Crippen LogP contribution is 2.24. The second kappa shape index (κ2) is 7.58. The van der Waals surface area contributed by atoms with Crippen LogP contribution in [0, 0.1) is 11.6 Å². The molecular weight excluding hydrogens is 402 g/mol. The summed E-state index contributed by atoms with van der Waals surface area (Å²) in [5.41, 5.74) is -0.373. The van der Waals surface area contributed by atoms with Gasteiger partial charge in [-0.3, -0.25) is 9.52 Å². The minimum atomic E-state index is -4.02. The fraction of sp³-hybridized carbons (Fsp3) is 0.368. The molecule has 2 aromatic rings. The number of aromatic nitrogens is 1. The Morgan fingerprint density at radius 3 is 2.41 bits per heavy atom. The largest absolute Gasteiger partial charge is 0.365 e. The number of hydrogen-bond donors (Lipinski definition) is 2. The standard InChI is InChI=1S/C19H22F2N4O3S/c1-19(2,3)25-11-13(9-18(25)26)23-17-7-5-14(10-22-17)29(27,28)24-12-4-6-15(20)16(21)8-12/h4-8,10,13,24H,9,11H2,1-3H3,(H,22,23). The first-order valence-electron chi connectivity index (χ1n) is 8.97. The molecule has 1 aliphatic rings. The van der Waals surface area contributed by atoms with E-state index in [2.05, 4.69) is 15.0 Å². The zero-order valence-corrected chi connectivity index (χ0v) is 17.1. The first kappa shape index (κ1) is 21.0. The van der Waals surface area contributed by atoms with Crippen molar-refractivity contribution in [3.8, 4) is 0 Å². The minimum Gasteiger partial charge on any atom is -0.365 e. The van der Waals surface area contributed by atoms with Crippen molar-refractivity contribution in [1.82, 2.24) is 9.88 Å². The van der Waals surface area contributed by atoms with Gasteiger partial charge in [0.25, 0.3) is 10.0 Å².